The highest BCUT2D eigenvalue weighted by Crippen LogP contribution is 2.27. The van der Waals surface area contributed by atoms with Crippen LogP contribution in [-0.4, -0.2) is 23.7 Å². The van der Waals surface area contributed by atoms with Crippen molar-refractivity contribution in [3.05, 3.63) is 59.1 Å². The Hall–Kier alpha value is -1.98. The van der Waals surface area contributed by atoms with E-state index in [9.17, 15) is 9.59 Å². The molecular formula is C19H20ClNO3S. The standard InChI is InChI=1S/C19H20ClNO3S/c1-3-17(25-16-10-8-14(20)9-11-16)18(22)21-15-7-5-6-13(12-15)19(23)24-4-2/h5-12,17H,3-4H2,1-2H3,(H,21,22)/t17-/m1/s1. The van der Waals surface area contributed by atoms with Gasteiger partial charge < -0.3 is 10.1 Å². The molecule has 0 heterocycles. The maximum absolute atomic E-state index is 12.5. The molecule has 0 fully saturated rings. The van der Waals surface area contributed by atoms with Crippen LogP contribution in [0.1, 0.15) is 30.6 Å². The summed E-state index contributed by atoms with van der Waals surface area (Å²) in [5.74, 6) is -0.510. The maximum Gasteiger partial charge on any atom is 0.338 e. The Morgan fingerprint density at radius 1 is 1.16 bits per heavy atom. The van der Waals surface area contributed by atoms with Crippen LogP contribution in [0.3, 0.4) is 0 Å². The van der Waals surface area contributed by atoms with Crippen LogP contribution in [0.25, 0.3) is 0 Å². The van der Waals surface area contributed by atoms with Gasteiger partial charge in [-0.15, -0.1) is 11.8 Å². The van der Waals surface area contributed by atoms with E-state index in [1.165, 1.54) is 11.8 Å². The second-order valence-electron chi connectivity index (χ2n) is 5.26. The second kappa shape index (κ2) is 9.49. The van der Waals surface area contributed by atoms with Crippen LogP contribution < -0.4 is 5.32 Å². The third kappa shape index (κ3) is 5.80. The second-order valence-corrected chi connectivity index (χ2v) is 6.97. The van der Waals surface area contributed by atoms with Gasteiger partial charge in [-0.1, -0.05) is 24.6 Å². The molecule has 0 aliphatic carbocycles. The molecule has 1 N–H and O–H groups in total. The molecule has 0 aromatic heterocycles. The van der Waals surface area contributed by atoms with Crippen molar-refractivity contribution in [1.29, 1.82) is 0 Å². The number of anilines is 1. The number of nitrogens with one attached hydrogen (secondary N) is 1. The lowest BCUT2D eigenvalue weighted by Gasteiger charge is -2.15. The molecule has 2 aromatic carbocycles. The molecule has 0 unspecified atom stereocenters. The molecule has 0 saturated heterocycles. The summed E-state index contributed by atoms with van der Waals surface area (Å²) in [6.45, 7) is 4.02. The zero-order valence-corrected chi connectivity index (χ0v) is 15.7. The normalized spacial score (nSPS) is 11.6. The number of hydrogen-bond donors (Lipinski definition) is 1. The van der Waals surface area contributed by atoms with Crippen molar-refractivity contribution in [1.82, 2.24) is 0 Å². The van der Waals surface area contributed by atoms with Gasteiger partial charge in [0.25, 0.3) is 0 Å². The molecule has 4 nitrogen and oxygen atoms in total. The summed E-state index contributed by atoms with van der Waals surface area (Å²) < 4.78 is 4.98. The molecule has 0 aliphatic heterocycles. The van der Waals surface area contributed by atoms with E-state index >= 15 is 0 Å². The summed E-state index contributed by atoms with van der Waals surface area (Å²) in [4.78, 5) is 25.3. The Morgan fingerprint density at radius 2 is 1.88 bits per heavy atom. The van der Waals surface area contributed by atoms with Crippen LogP contribution in [0.4, 0.5) is 5.69 Å². The smallest absolute Gasteiger partial charge is 0.338 e. The van der Waals surface area contributed by atoms with E-state index in [1.807, 2.05) is 19.1 Å². The van der Waals surface area contributed by atoms with Gasteiger partial charge >= 0.3 is 5.97 Å². The predicted octanol–water partition coefficient (Wildman–Crippen LogP) is 5.03. The number of carbonyl (C=O) groups excluding carboxylic acids is 2. The van der Waals surface area contributed by atoms with Gasteiger partial charge in [0.15, 0.2) is 0 Å². The molecule has 6 heteroatoms. The number of carbonyl (C=O) groups is 2. The van der Waals surface area contributed by atoms with Gasteiger partial charge in [0.1, 0.15) is 0 Å². The molecule has 2 aromatic rings. The number of hydrogen-bond acceptors (Lipinski definition) is 4. The molecular weight excluding hydrogens is 358 g/mol. The summed E-state index contributed by atoms with van der Waals surface area (Å²) in [5, 5.41) is 3.29. The van der Waals surface area contributed by atoms with Crippen LogP contribution in [0.5, 0.6) is 0 Å². The van der Waals surface area contributed by atoms with E-state index < -0.39 is 5.97 Å². The Morgan fingerprint density at radius 3 is 2.52 bits per heavy atom. The Kier molecular flexibility index (Phi) is 7.34. The fourth-order valence-electron chi connectivity index (χ4n) is 2.16. The van der Waals surface area contributed by atoms with E-state index in [0.717, 1.165) is 4.90 Å². The highest BCUT2D eigenvalue weighted by Gasteiger charge is 2.18. The van der Waals surface area contributed by atoms with Crippen molar-refractivity contribution in [3.63, 3.8) is 0 Å². The van der Waals surface area contributed by atoms with E-state index in [1.54, 1.807) is 43.3 Å². The first-order valence-electron chi connectivity index (χ1n) is 8.03. The fraction of sp³-hybridized carbons (Fsp3) is 0.263. The number of benzene rings is 2. The number of esters is 1. The quantitative estimate of drug-likeness (QED) is 0.543. The van der Waals surface area contributed by atoms with E-state index in [0.29, 0.717) is 29.3 Å². The average Bonchev–Trinajstić information content (AvgIpc) is 2.61. The topological polar surface area (TPSA) is 55.4 Å². The van der Waals surface area contributed by atoms with Crippen LogP contribution in [0.2, 0.25) is 5.02 Å². The zero-order chi connectivity index (χ0) is 18.2. The molecule has 0 spiro atoms. The number of halogens is 1. The van der Waals surface area contributed by atoms with Crippen molar-refractivity contribution in [2.45, 2.75) is 30.4 Å². The molecule has 2 rings (SSSR count). The lowest BCUT2D eigenvalue weighted by Crippen LogP contribution is -2.24. The van der Waals surface area contributed by atoms with E-state index in [-0.39, 0.29) is 11.2 Å². The van der Waals surface area contributed by atoms with Crippen molar-refractivity contribution in [2.75, 3.05) is 11.9 Å². The molecule has 0 bridgehead atoms. The number of amides is 1. The molecule has 25 heavy (non-hydrogen) atoms. The van der Waals surface area contributed by atoms with E-state index in [2.05, 4.69) is 5.32 Å². The SMILES string of the molecule is CCOC(=O)c1cccc(NC(=O)[C@@H](CC)Sc2ccc(Cl)cc2)c1. The minimum atomic E-state index is -0.402. The summed E-state index contributed by atoms with van der Waals surface area (Å²) >= 11 is 7.37. The number of thioether (sulfide) groups is 1. The summed E-state index contributed by atoms with van der Waals surface area (Å²) in [6, 6.07) is 14.1. The van der Waals surface area contributed by atoms with Crippen molar-refractivity contribution >= 4 is 40.9 Å². The van der Waals surface area contributed by atoms with Crippen LogP contribution >= 0.6 is 23.4 Å². The summed E-state index contributed by atoms with van der Waals surface area (Å²) in [5.41, 5.74) is 0.990. The largest absolute Gasteiger partial charge is 0.462 e. The average molecular weight is 378 g/mol. The molecule has 0 radical (unpaired) electrons. The third-order valence-electron chi connectivity index (χ3n) is 3.40. The van der Waals surface area contributed by atoms with Gasteiger partial charge in [0.05, 0.1) is 17.4 Å². The molecule has 132 valence electrons. The first-order chi connectivity index (χ1) is 12.0. The van der Waals surface area contributed by atoms with E-state index in [4.69, 9.17) is 16.3 Å². The minimum Gasteiger partial charge on any atom is -0.462 e. The zero-order valence-electron chi connectivity index (χ0n) is 14.1. The Balaban J connectivity index is 2.05. The van der Waals surface area contributed by atoms with Gasteiger partial charge in [-0.2, -0.15) is 0 Å². The molecule has 0 aliphatic rings. The van der Waals surface area contributed by atoms with Crippen LogP contribution in [-0.2, 0) is 9.53 Å². The Labute approximate surface area is 156 Å². The lowest BCUT2D eigenvalue weighted by atomic mass is 10.2. The minimum absolute atomic E-state index is 0.108. The van der Waals surface area contributed by atoms with Crippen LogP contribution in [0, 0.1) is 0 Å². The van der Waals surface area contributed by atoms with Gasteiger partial charge in [0.2, 0.25) is 5.91 Å². The van der Waals surface area contributed by atoms with Gasteiger partial charge in [-0.3, -0.25) is 4.79 Å². The highest BCUT2D eigenvalue weighted by atomic mass is 35.5. The fourth-order valence-corrected chi connectivity index (χ4v) is 3.24. The van der Waals surface area contributed by atoms with Gasteiger partial charge in [0, 0.05) is 15.6 Å². The first kappa shape index (κ1) is 19.3. The summed E-state index contributed by atoms with van der Waals surface area (Å²) in [7, 11) is 0. The molecule has 1 amide bonds. The predicted molar refractivity (Wildman–Crippen MR) is 102 cm³/mol. The van der Waals surface area contributed by atoms with Gasteiger partial charge in [-0.05, 0) is 55.8 Å². The molecule has 1 atom stereocenters. The number of ether oxygens (including phenoxy) is 1. The number of rotatable bonds is 7. The third-order valence-corrected chi connectivity index (χ3v) is 5.02. The molecule has 0 saturated carbocycles. The highest BCUT2D eigenvalue weighted by molar-refractivity contribution is 8.00. The first-order valence-corrected chi connectivity index (χ1v) is 9.29. The van der Waals surface area contributed by atoms with Crippen LogP contribution in [0.15, 0.2) is 53.4 Å². The monoisotopic (exact) mass is 377 g/mol. The van der Waals surface area contributed by atoms with Gasteiger partial charge in [-0.25, -0.2) is 4.79 Å². The lowest BCUT2D eigenvalue weighted by molar-refractivity contribution is -0.115. The van der Waals surface area contributed by atoms with Crippen molar-refractivity contribution < 1.29 is 14.3 Å². The Bertz CT molecular complexity index is 734. The maximum atomic E-state index is 12.5. The van der Waals surface area contributed by atoms with Crippen molar-refractivity contribution in [3.8, 4) is 0 Å². The summed E-state index contributed by atoms with van der Waals surface area (Å²) in [6.07, 6.45) is 0.677. The van der Waals surface area contributed by atoms with Crippen molar-refractivity contribution in [2.24, 2.45) is 0 Å².